The lowest BCUT2D eigenvalue weighted by Crippen LogP contribution is -2.43. The number of hydrogen-bond acceptors (Lipinski definition) is 7. The van der Waals surface area contributed by atoms with E-state index in [4.69, 9.17) is 15.3 Å². The van der Waals surface area contributed by atoms with Gasteiger partial charge in [-0.25, -0.2) is 0 Å². The second kappa shape index (κ2) is 8.13. The minimum absolute atomic E-state index is 0.169. The van der Waals surface area contributed by atoms with Gasteiger partial charge < -0.3 is 25.2 Å². The summed E-state index contributed by atoms with van der Waals surface area (Å²) < 4.78 is 4.56. The maximum absolute atomic E-state index is 11.3. The molecular formula is C10H18O7. The maximum atomic E-state index is 11.3. The molecule has 7 heteroatoms. The van der Waals surface area contributed by atoms with Gasteiger partial charge in [-0.3, -0.25) is 9.59 Å². The van der Waals surface area contributed by atoms with Crippen molar-refractivity contribution in [1.29, 1.82) is 0 Å². The molecule has 0 bridgehead atoms. The molecule has 4 N–H and O–H groups in total. The average Bonchev–Trinajstić information content (AvgIpc) is 2.33. The molecule has 0 aromatic heterocycles. The van der Waals surface area contributed by atoms with Crippen molar-refractivity contribution >= 4 is 11.8 Å². The van der Waals surface area contributed by atoms with Crippen LogP contribution in [0.5, 0.6) is 0 Å². The van der Waals surface area contributed by atoms with Crippen molar-refractivity contribution < 1.29 is 34.8 Å². The van der Waals surface area contributed by atoms with Crippen LogP contribution in [0.4, 0.5) is 0 Å². The molecule has 7 nitrogen and oxygen atoms in total. The van der Waals surface area contributed by atoms with Crippen LogP contribution >= 0.6 is 0 Å². The van der Waals surface area contributed by atoms with Crippen molar-refractivity contribution in [1.82, 2.24) is 0 Å². The quantitative estimate of drug-likeness (QED) is 0.366. The van der Waals surface area contributed by atoms with Crippen LogP contribution in [-0.2, 0) is 14.3 Å². The molecule has 0 aliphatic heterocycles. The summed E-state index contributed by atoms with van der Waals surface area (Å²) in [4.78, 5) is 22.2. The summed E-state index contributed by atoms with van der Waals surface area (Å²) in [6, 6.07) is 0. The first-order chi connectivity index (χ1) is 7.93. The Balaban J connectivity index is 4.09. The van der Waals surface area contributed by atoms with Gasteiger partial charge in [0.25, 0.3) is 0 Å². The highest BCUT2D eigenvalue weighted by molar-refractivity contribution is 5.87. The molecule has 0 amide bonds. The number of aliphatic hydroxyl groups is 4. The number of carbonyl (C=O) groups excluding carboxylic acids is 2. The summed E-state index contributed by atoms with van der Waals surface area (Å²) in [7, 11) is 0. The fraction of sp³-hybridized carbons (Fsp3) is 0.800. The Labute approximate surface area is 98.6 Å². The van der Waals surface area contributed by atoms with Gasteiger partial charge in [0, 0.05) is 6.42 Å². The zero-order valence-corrected chi connectivity index (χ0v) is 9.57. The Bertz CT molecular complexity index is 253. The summed E-state index contributed by atoms with van der Waals surface area (Å²) in [6.07, 6.45) is -4.53. The van der Waals surface area contributed by atoms with E-state index in [1.165, 1.54) is 0 Å². The van der Waals surface area contributed by atoms with Gasteiger partial charge in [0.05, 0.1) is 6.61 Å². The minimum atomic E-state index is -1.90. The standard InChI is InChI=1S/C10H18O7/c1-2-3-8(14)17-5-7(13)10(16)9(15)6(12)4-11/h6-7,9,11-13,15H,2-5H2,1H3/t6-,7+,9+/m0/s1. The van der Waals surface area contributed by atoms with Gasteiger partial charge >= 0.3 is 5.97 Å². The van der Waals surface area contributed by atoms with Crippen molar-refractivity contribution in [2.75, 3.05) is 13.2 Å². The summed E-state index contributed by atoms with van der Waals surface area (Å²) >= 11 is 0. The molecule has 3 atom stereocenters. The van der Waals surface area contributed by atoms with Crippen molar-refractivity contribution in [2.45, 2.75) is 38.1 Å². The molecule has 0 rings (SSSR count). The average molecular weight is 250 g/mol. The molecule has 0 aromatic carbocycles. The van der Waals surface area contributed by atoms with Gasteiger partial charge in [0.15, 0.2) is 5.78 Å². The van der Waals surface area contributed by atoms with Gasteiger partial charge in [0.1, 0.15) is 24.9 Å². The van der Waals surface area contributed by atoms with Gasteiger partial charge in [-0.1, -0.05) is 6.92 Å². The van der Waals surface area contributed by atoms with Crippen molar-refractivity contribution in [3.63, 3.8) is 0 Å². The van der Waals surface area contributed by atoms with Crippen LogP contribution in [-0.4, -0.2) is 63.7 Å². The Morgan fingerprint density at radius 3 is 2.29 bits per heavy atom. The lowest BCUT2D eigenvalue weighted by molar-refractivity contribution is -0.153. The van der Waals surface area contributed by atoms with Crippen molar-refractivity contribution in [2.24, 2.45) is 0 Å². The van der Waals surface area contributed by atoms with Crippen LogP contribution < -0.4 is 0 Å². The number of Topliss-reactive ketones (excluding diaryl/α,β-unsaturated/α-hetero) is 1. The molecule has 0 fully saturated rings. The van der Waals surface area contributed by atoms with Crippen LogP contribution in [0.25, 0.3) is 0 Å². The smallest absolute Gasteiger partial charge is 0.305 e. The first kappa shape index (κ1) is 16.0. The number of hydrogen-bond donors (Lipinski definition) is 4. The number of aliphatic hydroxyl groups excluding tert-OH is 4. The Morgan fingerprint density at radius 2 is 1.82 bits per heavy atom. The third-order valence-electron chi connectivity index (χ3n) is 2.03. The largest absolute Gasteiger partial charge is 0.462 e. The third-order valence-corrected chi connectivity index (χ3v) is 2.03. The summed E-state index contributed by atoms with van der Waals surface area (Å²) in [5.74, 6) is -1.66. The molecule has 0 spiro atoms. The molecule has 0 saturated heterocycles. The van der Waals surface area contributed by atoms with E-state index in [1.807, 2.05) is 0 Å². The van der Waals surface area contributed by atoms with E-state index in [-0.39, 0.29) is 6.42 Å². The number of esters is 1. The molecular weight excluding hydrogens is 232 g/mol. The predicted octanol–water partition coefficient (Wildman–Crippen LogP) is -2.03. The van der Waals surface area contributed by atoms with E-state index in [1.54, 1.807) is 6.92 Å². The number of ketones is 1. The zero-order valence-electron chi connectivity index (χ0n) is 9.57. The number of rotatable bonds is 8. The van der Waals surface area contributed by atoms with Crippen LogP contribution in [0.2, 0.25) is 0 Å². The SMILES string of the molecule is CCCC(=O)OC[C@@H](O)C(=O)[C@H](O)[C@@H](O)CO. The first-order valence-electron chi connectivity index (χ1n) is 5.28. The predicted molar refractivity (Wildman–Crippen MR) is 56.0 cm³/mol. The summed E-state index contributed by atoms with van der Waals surface area (Å²) in [5.41, 5.74) is 0. The summed E-state index contributed by atoms with van der Waals surface area (Å²) in [6.45, 7) is 0.381. The molecule has 0 aliphatic carbocycles. The maximum Gasteiger partial charge on any atom is 0.305 e. The molecule has 0 aromatic rings. The minimum Gasteiger partial charge on any atom is -0.462 e. The van der Waals surface area contributed by atoms with E-state index in [2.05, 4.69) is 4.74 Å². The number of carbonyl (C=O) groups is 2. The molecule has 0 heterocycles. The highest BCUT2D eigenvalue weighted by Crippen LogP contribution is 2.01. The highest BCUT2D eigenvalue weighted by atomic mass is 16.5. The van der Waals surface area contributed by atoms with E-state index in [9.17, 15) is 14.7 Å². The highest BCUT2D eigenvalue weighted by Gasteiger charge is 2.29. The van der Waals surface area contributed by atoms with Crippen LogP contribution in [0, 0.1) is 0 Å². The monoisotopic (exact) mass is 250 g/mol. The Morgan fingerprint density at radius 1 is 1.24 bits per heavy atom. The molecule has 17 heavy (non-hydrogen) atoms. The normalized spacial score (nSPS) is 16.1. The van der Waals surface area contributed by atoms with E-state index >= 15 is 0 Å². The molecule has 0 radical (unpaired) electrons. The summed E-state index contributed by atoms with van der Waals surface area (Å²) in [5, 5.41) is 35.9. The van der Waals surface area contributed by atoms with Crippen LogP contribution in [0.3, 0.4) is 0 Å². The molecule has 0 saturated carbocycles. The number of ether oxygens (including phenoxy) is 1. The zero-order chi connectivity index (χ0) is 13.4. The van der Waals surface area contributed by atoms with E-state index in [0.717, 1.165) is 0 Å². The fourth-order valence-electron chi connectivity index (χ4n) is 1.02. The van der Waals surface area contributed by atoms with Crippen LogP contribution in [0.15, 0.2) is 0 Å². The Kier molecular flexibility index (Phi) is 7.64. The van der Waals surface area contributed by atoms with Gasteiger partial charge in [-0.15, -0.1) is 0 Å². The van der Waals surface area contributed by atoms with Gasteiger partial charge in [-0.2, -0.15) is 0 Å². The van der Waals surface area contributed by atoms with Crippen LogP contribution in [0.1, 0.15) is 19.8 Å². The molecule has 0 unspecified atom stereocenters. The first-order valence-corrected chi connectivity index (χ1v) is 5.28. The van der Waals surface area contributed by atoms with Gasteiger partial charge in [0.2, 0.25) is 0 Å². The topological polar surface area (TPSA) is 124 Å². The fourth-order valence-corrected chi connectivity index (χ4v) is 1.02. The third kappa shape index (κ3) is 5.73. The van der Waals surface area contributed by atoms with Gasteiger partial charge in [-0.05, 0) is 6.42 Å². The van der Waals surface area contributed by atoms with E-state index < -0.39 is 43.3 Å². The Hall–Kier alpha value is -1.02. The second-order valence-corrected chi connectivity index (χ2v) is 3.55. The van der Waals surface area contributed by atoms with Crippen molar-refractivity contribution in [3.05, 3.63) is 0 Å². The molecule has 100 valence electrons. The molecule has 0 aliphatic rings. The van der Waals surface area contributed by atoms with E-state index in [0.29, 0.717) is 6.42 Å². The second-order valence-electron chi connectivity index (χ2n) is 3.55. The lowest BCUT2D eigenvalue weighted by Gasteiger charge is -2.17. The van der Waals surface area contributed by atoms with Crippen molar-refractivity contribution in [3.8, 4) is 0 Å². The lowest BCUT2D eigenvalue weighted by atomic mass is 10.1.